The number of aliphatic hydroxyl groups is 1. The zero-order chi connectivity index (χ0) is 13.0. The van der Waals surface area contributed by atoms with E-state index in [9.17, 15) is 15.0 Å². The summed E-state index contributed by atoms with van der Waals surface area (Å²) in [7, 11) is 0. The summed E-state index contributed by atoms with van der Waals surface area (Å²) in [6, 6.07) is 2.64. The molecule has 96 valence electrons. The van der Waals surface area contributed by atoms with Gasteiger partial charge in [-0.1, -0.05) is 13.8 Å². The average molecular weight is 263 g/mol. The maximum absolute atomic E-state index is 10.5. The van der Waals surface area contributed by atoms with E-state index >= 15 is 0 Å². The van der Waals surface area contributed by atoms with Crippen LogP contribution in [0.15, 0.2) is 22.8 Å². The van der Waals surface area contributed by atoms with E-state index in [1.807, 2.05) is 13.8 Å². The Labute approximate surface area is 129 Å². The summed E-state index contributed by atoms with van der Waals surface area (Å²) in [6.07, 6.45) is 0.278. The molecule has 5 nitrogen and oxygen atoms in total. The van der Waals surface area contributed by atoms with Crippen molar-refractivity contribution in [2.24, 2.45) is 17.6 Å². The van der Waals surface area contributed by atoms with Gasteiger partial charge >= 0.3 is 29.6 Å². The number of carboxylic acid groups (broad SMARTS) is 1. The molecule has 0 amide bonds. The fourth-order valence-corrected chi connectivity index (χ4v) is 2.07. The largest absolute Gasteiger partial charge is 1.00 e. The number of carbonyl (C=O) groups excluding carboxylic acids is 1. The van der Waals surface area contributed by atoms with Gasteiger partial charge in [-0.25, -0.2) is 0 Å². The van der Waals surface area contributed by atoms with E-state index in [-0.39, 0.29) is 47.8 Å². The van der Waals surface area contributed by atoms with Gasteiger partial charge in [0.05, 0.1) is 6.26 Å². The first-order valence-electron chi connectivity index (χ1n) is 5.60. The van der Waals surface area contributed by atoms with E-state index in [0.29, 0.717) is 5.76 Å². The van der Waals surface area contributed by atoms with Crippen LogP contribution in [0.1, 0.15) is 32.1 Å². The Balaban J connectivity index is 0.00000289. The topological polar surface area (TPSA) is 99.5 Å². The van der Waals surface area contributed by atoms with Crippen LogP contribution in [0.3, 0.4) is 0 Å². The molecule has 0 aliphatic rings. The van der Waals surface area contributed by atoms with Crippen LogP contribution in [0.2, 0.25) is 0 Å². The van der Waals surface area contributed by atoms with Gasteiger partial charge in [-0.05, 0) is 18.1 Å². The zero-order valence-electron chi connectivity index (χ0n) is 11.0. The minimum Gasteiger partial charge on any atom is -0.550 e. The van der Waals surface area contributed by atoms with Crippen LogP contribution < -0.4 is 40.4 Å². The molecular formula is C12H18NNaO4. The maximum atomic E-state index is 10.5. The number of furan rings is 1. The van der Waals surface area contributed by atoms with Crippen LogP contribution in [0.25, 0.3) is 0 Å². The van der Waals surface area contributed by atoms with Crippen molar-refractivity contribution in [3.63, 3.8) is 0 Å². The van der Waals surface area contributed by atoms with E-state index in [0.717, 1.165) is 0 Å². The molecule has 1 aromatic heterocycles. The Morgan fingerprint density at radius 3 is 2.56 bits per heavy atom. The third-order valence-corrected chi connectivity index (χ3v) is 2.87. The first-order valence-corrected chi connectivity index (χ1v) is 5.60. The second-order valence-corrected chi connectivity index (χ2v) is 4.52. The molecule has 0 spiro atoms. The summed E-state index contributed by atoms with van der Waals surface area (Å²) in [5, 5.41) is 20.7. The van der Waals surface area contributed by atoms with Crippen molar-refractivity contribution < 1.29 is 49.0 Å². The predicted molar refractivity (Wildman–Crippen MR) is 59.6 cm³/mol. The Bertz CT molecular complexity index is 353. The van der Waals surface area contributed by atoms with E-state index in [1.165, 1.54) is 6.26 Å². The minimum atomic E-state index is -1.21. The van der Waals surface area contributed by atoms with Crippen LogP contribution in [0.4, 0.5) is 0 Å². The Kier molecular flexibility index (Phi) is 7.82. The molecule has 0 radical (unpaired) electrons. The van der Waals surface area contributed by atoms with Gasteiger partial charge in [0.2, 0.25) is 0 Å². The molecule has 0 unspecified atom stereocenters. The third kappa shape index (κ3) is 4.74. The normalized spacial score (nSPS) is 15.8. The molecule has 6 heteroatoms. The van der Waals surface area contributed by atoms with Gasteiger partial charge in [0.1, 0.15) is 11.9 Å². The summed E-state index contributed by atoms with van der Waals surface area (Å²) in [5.74, 6) is -1.17. The Hall–Kier alpha value is -0.330. The van der Waals surface area contributed by atoms with Gasteiger partial charge in [-0.3, -0.25) is 0 Å². The number of hydrogen-bond donors (Lipinski definition) is 2. The zero-order valence-corrected chi connectivity index (χ0v) is 13.0. The minimum absolute atomic E-state index is 0. The monoisotopic (exact) mass is 263 g/mol. The first kappa shape index (κ1) is 17.7. The van der Waals surface area contributed by atoms with Crippen molar-refractivity contribution in [3.05, 3.63) is 24.2 Å². The second kappa shape index (κ2) is 7.96. The number of rotatable bonds is 6. The van der Waals surface area contributed by atoms with E-state index in [4.69, 9.17) is 10.2 Å². The molecule has 1 rings (SSSR count). The van der Waals surface area contributed by atoms with Gasteiger partial charge < -0.3 is 25.2 Å². The van der Waals surface area contributed by atoms with E-state index in [2.05, 4.69) is 0 Å². The van der Waals surface area contributed by atoms with Gasteiger partial charge in [0.25, 0.3) is 0 Å². The number of aliphatic carboxylic acids is 1. The summed E-state index contributed by atoms with van der Waals surface area (Å²) in [6.45, 7) is 3.76. The fraction of sp³-hybridized carbons (Fsp3) is 0.583. The summed E-state index contributed by atoms with van der Waals surface area (Å²) in [4.78, 5) is 10.5. The summed E-state index contributed by atoms with van der Waals surface area (Å²) in [5.41, 5.74) is 5.80. The molecule has 0 aliphatic carbocycles. The molecule has 3 atom stereocenters. The quantitative estimate of drug-likeness (QED) is 0.535. The molecule has 1 heterocycles. The Morgan fingerprint density at radius 1 is 1.56 bits per heavy atom. The van der Waals surface area contributed by atoms with Crippen LogP contribution in [-0.2, 0) is 4.79 Å². The third-order valence-electron chi connectivity index (χ3n) is 2.87. The SMILES string of the molecule is CC(C)[C@H]([C@H](N)CC(=O)[O-])[C@@H](O)c1ccco1.[Na+]. The predicted octanol–water partition coefficient (Wildman–Crippen LogP) is -2.94. The fourth-order valence-electron chi connectivity index (χ4n) is 2.07. The second-order valence-electron chi connectivity index (χ2n) is 4.52. The van der Waals surface area contributed by atoms with Crippen molar-refractivity contribution in [3.8, 4) is 0 Å². The van der Waals surface area contributed by atoms with Crippen molar-refractivity contribution >= 4 is 5.97 Å². The number of aliphatic hydroxyl groups excluding tert-OH is 1. The van der Waals surface area contributed by atoms with Crippen molar-refractivity contribution in [2.75, 3.05) is 0 Å². The van der Waals surface area contributed by atoms with Crippen molar-refractivity contribution in [1.29, 1.82) is 0 Å². The number of carbonyl (C=O) groups is 1. The molecule has 0 saturated carbocycles. The smallest absolute Gasteiger partial charge is 0.550 e. The Morgan fingerprint density at radius 2 is 2.17 bits per heavy atom. The first-order chi connectivity index (χ1) is 7.93. The standard InChI is InChI=1S/C12H19NO4.Na/c1-7(2)11(8(13)6-10(14)15)12(16)9-4-3-5-17-9;/h3-5,7-8,11-12,16H,6,13H2,1-2H3,(H,14,15);/q;+1/p-1/t8-,11-,12+;/m1./s1. The van der Waals surface area contributed by atoms with Crippen LogP contribution in [-0.4, -0.2) is 17.1 Å². The van der Waals surface area contributed by atoms with Gasteiger partial charge in [0, 0.05) is 24.3 Å². The van der Waals surface area contributed by atoms with Crippen LogP contribution in [0, 0.1) is 11.8 Å². The number of carboxylic acids is 1. The van der Waals surface area contributed by atoms with E-state index < -0.39 is 18.1 Å². The molecule has 0 aliphatic heterocycles. The molecule has 18 heavy (non-hydrogen) atoms. The van der Waals surface area contributed by atoms with Gasteiger partial charge in [0.15, 0.2) is 0 Å². The molecular weight excluding hydrogens is 245 g/mol. The van der Waals surface area contributed by atoms with Gasteiger partial charge in [-0.2, -0.15) is 0 Å². The van der Waals surface area contributed by atoms with E-state index in [1.54, 1.807) is 12.1 Å². The van der Waals surface area contributed by atoms with Crippen molar-refractivity contribution in [2.45, 2.75) is 32.4 Å². The molecule has 1 aromatic rings. The number of nitrogens with two attached hydrogens (primary N) is 1. The van der Waals surface area contributed by atoms with Crippen molar-refractivity contribution in [1.82, 2.24) is 0 Å². The molecule has 0 aromatic carbocycles. The molecule has 3 N–H and O–H groups in total. The van der Waals surface area contributed by atoms with Gasteiger partial charge in [-0.15, -0.1) is 0 Å². The molecule has 0 saturated heterocycles. The summed E-state index contributed by atoms with van der Waals surface area (Å²) >= 11 is 0. The maximum Gasteiger partial charge on any atom is 1.00 e. The average Bonchev–Trinajstić information content (AvgIpc) is 2.67. The number of hydrogen-bond acceptors (Lipinski definition) is 5. The molecule has 0 bridgehead atoms. The van der Waals surface area contributed by atoms with Crippen LogP contribution in [0.5, 0.6) is 0 Å². The molecule has 0 fully saturated rings. The summed E-state index contributed by atoms with van der Waals surface area (Å²) < 4.78 is 5.11. The van der Waals surface area contributed by atoms with Crippen LogP contribution >= 0.6 is 0 Å².